The second-order valence-electron chi connectivity index (χ2n) is 6.85. The summed E-state index contributed by atoms with van der Waals surface area (Å²) in [6.45, 7) is 6.43. The summed E-state index contributed by atoms with van der Waals surface area (Å²) in [5.74, 6) is 0.557. The van der Waals surface area contributed by atoms with Crippen molar-refractivity contribution in [2.75, 3.05) is 19.7 Å². The number of carbonyl (C=O) groups excluding carboxylic acids is 2. The number of aryl methyl sites for hydroxylation is 1. The van der Waals surface area contributed by atoms with Crippen LogP contribution in [0.2, 0.25) is 0 Å². The van der Waals surface area contributed by atoms with E-state index in [0.29, 0.717) is 24.4 Å². The van der Waals surface area contributed by atoms with Crippen LogP contribution in [0.5, 0.6) is 0 Å². The minimum absolute atomic E-state index is 0.0275. The summed E-state index contributed by atoms with van der Waals surface area (Å²) >= 11 is 1.46. The van der Waals surface area contributed by atoms with Crippen LogP contribution >= 0.6 is 11.8 Å². The Kier molecular flexibility index (Phi) is 6.74. The molecule has 0 radical (unpaired) electrons. The molecule has 1 aromatic carbocycles. The van der Waals surface area contributed by atoms with Crippen LogP contribution in [0.25, 0.3) is 0 Å². The first-order valence-corrected chi connectivity index (χ1v) is 10.2. The molecule has 1 fully saturated rings. The van der Waals surface area contributed by atoms with Gasteiger partial charge in [-0.15, -0.1) is 11.8 Å². The van der Waals surface area contributed by atoms with E-state index < -0.39 is 5.97 Å². The highest BCUT2D eigenvalue weighted by Gasteiger charge is 2.26. The summed E-state index contributed by atoms with van der Waals surface area (Å²) in [5.41, 5.74) is 1.24. The standard InChI is InChI=1S/C20H24N2O5S/c1-13-8-16(27-21-13)12-28-18-7-5-4-6-17(18)20(24)25-11-19(23)22-9-14(2)26-15(3)10-22/h4-8,14-15H,9-12H2,1-3H3/t14-,15-/m0/s1. The van der Waals surface area contributed by atoms with E-state index in [-0.39, 0.29) is 24.7 Å². The minimum atomic E-state index is -0.514. The van der Waals surface area contributed by atoms with Crippen LogP contribution < -0.4 is 0 Å². The van der Waals surface area contributed by atoms with Gasteiger partial charge in [-0.1, -0.05) is 17.3 Å². The van der Waals surface area contributed by atoms with E-state index in [9.17, 15) is 9.59 Å². The SMILES string of the molecule is Cc1cc(CSc2ccccc2C(=O)OCC(=O)N2C[C@H](C)O[C@@H](C)C2)on1. The van der Waals surface area contributed by atoms with Crippen molar-refractivity contribution in [1.82, 2.24) is 10.1 Å². The van der Waals surface area contributed by atoms with Crippen LogP contribution in [0.1, 0.15) is 35.7 Å². The minimum Gasteiger partial charge on any atom is -0.452 e. The molecule has 1 aliphatic heterocycles. The molecule has 150 valence electrons. The lowest BCUT2D eigenvalue weighted by Crippen LogP contribution is -2.49. The van der Waals surface area contributed by atoms with Gasteiger partial charge in [0.2, 0.25) is 0 Å². The van der Waals surface area contributed by atoms with Crippen molar-refractivity contribution < 1.29 is 23.6 Å². The quantitative estimate of drug-likeness (QED) is 0.540. The molecule has 2 heterocycles. The van der Waals surface area contributed by atoms with Gasteiger partial charge in [0.15, 0.2) is 6.61 Å². The van der Waals surface area contributed by atoms with Gasteiger partial charge in [-0.25, -0.2) is 4.79 Å². The topological polar surface area (TPSA) is 81.9 Å². The highest BCUT2D eigenvalue weighted by atomic mass is 32.2. The van der Waals surface area contributed by atoms with E-state index >= 15 is 0 Å². The molecule has 8 heteroatoms. The summed E-state index contributed by atoms with van der Waals surface area (Å²) in [6, 6.07) is 9.02. The number of morpholine rings is 1. The van der Waals surface area contributed by atoms with Crippen LogP contribution in [0.4, 0.5) is 0 Å². The lowest BCUT2D eigenvalue weighted by molar-refractivity contribution is -0.146. The highest BCUT2D eigenvalue weighted by molar-refractivity contribution is 7.98. The van der Waals surface area contributed by atoms with Gasteiger partial charge in [0.25, 0.3) is 5.91 Å². The van der Waals surface area contributed by atoms with Crippen molar-refractivity contribution in [2.24, 2.45) is 0 Å². The van der Waals surface area contributed by atoms with Gasteiger partial charge >= 0.3 is 5.97 Å². The Hall–Kier alpha value is -2.32. The largest absolute Gasteiger partial charge is 0.452 e. The zero-order valence-corrected chi connectivity index (χ0v) is 17.0. The van der Waals surface area contributed by atoms with Crippen molar-refractivity contribution >= 4 is 23.6 Å². The Morgan fingerprint density at radius 2 is 1.96 bits per heavy atom. The number of hydrogen-bond donors (Lipinski definition) is 0. The first kappa shape index (κ1) is 20.4. The lowest BCUT2D eigenvalue weighted by Gasteiger charge is -2.35. The Bertz CT molecular complexity index is 828. The second kappa shape index (κ2) is 9.25. The van der Waals surface area contributed by atoms with Crippen molar-refractivity contribution in [3.8, 4) is 0 Å². The van der Waals surface area contributed by atoms with Crippen LogP contribution in [0.15, 0.2) is 39.8 Å². The third-order valence-corrected chi connectivity index (χ3v) is 5.35. The van der Waals surface area contributed by atoms with Crippen molar-refractivity contribution in [3.63, 3.8) is 0 Å². The van der Waals surface area contributed by atoms with Crippen LogP contribution in [0, 0.1) is 6.92 Å². The molecule has 1 aliphatic rings. The summed E-state index contributed by atoms with van der Waals surface area (Å²) in [4.78, 5) is 27.4. The van der Waals surface area contributed by atoms with Crippen LogP contribution in [0.3, 0.4) is 0 Å². The zero-order chi connectivity index (χ0) is 20.1. The summed E-state index contributed by atoms with van der Waals surface area (Å²) in [7, 11) is 0. The fourth-order valence-corrected chi connectivity index (χ4v) is 3.99. The Morgan fingerprint density at radius 3 is 2.64 bits per heavy atom. The molecular formula is C20H24N2O5S. The predicted molar refractivity (Wildman–Crippen MR) is 104 cm³/mol. The summed E-state index contributed by atoms with van der Waals surface area (Å²) < 4.78 is 16.1. The third-order valence-electron chi connectivity index (χ3n) is 4.25. The number of amides is 1. The number of nitrogens with zero attached hydrogens (tertiary/aromatic N) is 2. The van der Waals surface area contributed by atoms with Crippen molar-refractivity contribution in [1.29, 1.82) is 0 Å². The van der Waals surface area contributed by atoms with Crippen molar-refractivity contribution in [3.05, 3.63) is 47.3 Å². The third kappa shape index (κ3) is 5.36. The Balaban J connectivity index is 1.57. The molecule has 0 spiro atoms. The van der Waals surface area contributed by atoms with E-state index in [1.165, 1.54) is 11.8 Å². The molecule has 0 aliphatic carbocycles. The van der Waals surface area contributed by atoms with Gasteiger partial charge in [-0.3, -0.25) is 4.79 Å². The maximum atomic E-state index is 12.5. The predicted octanol–water partition coefficient (Wildman–Crippen LogP) is 3.07. The fraction of sp³-hybridized carbons (Fsp3) is 0.450. The molecule has 2 aromatic rings. The average Bonchev–Trinajstić information content (AvgIpc) is 3.09. The first-order valence-electron chi connectivity index (χ1n) is 9.16. The Labute approximate surface area is 168 Å². The van der Waals surface area contributed by atoms with Gasteiger partial charge in [0.05, 0.1) is 29.2 Å². The number of thioether (sulfide) groups is 1. The molecule has 0 N–H and O–H groups in total. The number of benzene rings is 1. The molecule has 2 atom stereocenters. The molecule has 7 nitrogen and oxygen atoms in total. The maximum absolute atomic E-state index is 12.5. The maximum Gasteiger partial charge on any atom is 0.339 e. The van der Waals surface area contributed by atoms with E-state index in [1.807, 2.05) is 39.0 Å². The van der Waals surface area contributed by atoms with E-state index in [2.05, 4.69) is 5.16 Å². The number of esters is 1. The van der Waals surface area contributed by atoms with E-state index in [1.54, 1.807) is 17.0 Å². The second-order valence-corrected chi connectivity index (χ2v) is 7.87. The highest BCUT2D eigenvalue weighted by Crippen LogP contribution is 2.27. The number of aromatic nitrogens is 1. The fourth-order valence-electron chi connectivity index (χ4n) is 3.07. The van der Waals surface area contributed by atoms with Gasteiger partial charge in [-0.05, 0) is 32.9 Å². The molecular weight excluding hydrogens is 380 g/mol. The number of carbonyl (C=O) groups is 2. The summed E-state index contributed by atoms with van der Waals surface area (Å²) in [5, 5.41) is 3.86. The van der Waals surface area contributed by atoms with E-state index in [0.717, 1.165) is 16.3 Å². The van der Waals surface area contributed by atoms with Crippen molar-refractivity contribution in [2.45, 2.75) is 43.6 Å². The monoisotopic (exact) mass is 404 g/mol. The molecule has 0 unspecified atom stereocenters. The molecule has 1 aromatic heterocycles. The van der Waals surface area contributed by atoms with Crippen LogP contribution in [-0.4, -0.2) is 53.8 Å². The van der Waals surface area contributed by atoms with Gasteiger partial charge in [0, 0.05) is 24.1 Å². The molecule has 1 amide bonds. The zero-order valence-electron chi connectivity index (χ0n) is 16.2. The van der Waals surface area contributed by atoms with Gasteiger partial charge in [-0.2, -0.15) is 0 Å². The molecule has 28 heavy (non-hydrogen) atoms. The number of hydrogen-bond acceptors (Lipinski definition) is 7. The summed E-state index contributed by atoms with van der Waals surface area (Å²) in [6.07, 6.45) is -0.0551. The molecule has 3 rings (SSSR count). The normalized spacial score (nSPS) is 19.5. The van der Waals surface area contributed by atoms with Crippen LogP contribution in [-0.2, 0) is 20.0 Å². The molecule has 0 saturated carbocycles. The smallest absolute Gasteiger partial charge is 0.339 e. The average molecular weight is 404 g/mol. The number of rotatable bonds is 6. The first-order chi connectivity index (χ1) is 13.4. The number of ether oxygens (including phenoxy) is 2. The van der Waals surface area contributed by atoms with Gasteiger partial charge < -0.3 is 18.9 Å². The van der Waals surface area contributed by atoms with E-state index in [4.69, 9.17) is 14.0 Å². The molecule has 1 saturated heterocycles. The molecule has 0 bridgehead atoms. The lowest BCUT2D eigenvalue weighted by atomic mass is 10.2. The Morgan fingerprint density at radius 1 is 1.25 bits per heavy atom. The van der Waals surface area contributed by atoms with Gasteiger partial charge in [0.1, 0.15) is 5.76 Å².